The first-order chi connectivity index (χ1) is 29.3. The minimum Gasteiger partial charge on any atom is -0.455 e. The van der Waals surface area contributed by atoms with E-state index in [1.54, 1.807) is 0 Å². The van der Waals surface area contributed by atoms with Crippen molar-refractivity contribution >= 4 is 82.4 Å². The lowest BCUT2D eigenvalue weighted by atomic mass is 9.97. The molecular formula is C56H36N2O. The Balaban J connectivity index is 1.10. The topological polar surface area (TPSA) is 21.3 Å². The maximum absolute atomic E-state index is 6.56. The molecule has 276 valence electrons. The van der Waals surface area contributed by atoms with E-state index < -0.39 is 0 Å². The molecule has 0 atom stereocenters. The van der Waals surface area contributed by atoms with E-state index in [1.165, 1.54) is 43.4 Å². The Morgan fingerprint density at radius 3 is 1.80 bits per heavy atom. The van der Waals surface area contributed by atoms with Gasteiger partial charge in [-0.3, -0.25) is 0 Å². The van der Waals surface area contributed by atoms with Gasteiger partial charge in [0.25, 0.3) is 0 Å². The van der Waals surface area contributed by atoms with Gasteiger partial charge in [0.05, 0.1) is 22.4 Å². The van der Waals surface area contributed by atoms with Crippen LogP contribution in [0.3, 0.4) is 0 Å². The maximum atomic E-state index is 6.56. The van der Waals surface area contributed by atoms with Gasteiger partial charge in [0.2, 0.25) is 0 Å². The van der Waals surface area contributed by atoms with Gasteiger partial charge in [0.15, 0.2) is 0 Å². The molecule has 59 heavy (non-hydrogen) atoms. The molecule has 0 bridgehead atoms. The number of hydrogen-bond donors (Lipinski definition) is 0. The molecule has 0 fully saturated rings. The molecule has 3 heteroatoms. The van der Waals surface area contributed by atoms with Crippen molar-refractivity contribution in [3.05, 3.63) is 218 Å². The van der Waals surface area contributed by atoms with Gasteiger partial charge in [-0.2, -0.15) is 0 Å². The van der Waals surface area contributed by atoms with Crippen molar-refractivity contribution in [3.63, 3.8) is 0 Å². The summed E-state index contributed by atoms with van der Waals surface area (Å²) in [7, 11) is 0. The summed E-state index contributed by atoms with van der Waals surface area (Å²) in [6.45, 7) is 0. The maximum Gasteiger partial charge on any atom is 0.143 e. The van der Waals surface area contributed by atoms with Crippen molar-refractivity contribution in [2.75, 3.05) is 4.90 Å². The van der Waals surface area contributed by atoms with Crippen molar-refractivity contribution in [3.8, 4) is 27.9 Å². The predicted octanol–water partition coefficient (Wildman–Crippen LogP) is 15.8. The summed E-state index contributed by atoms with van der Waals surface area (Å²) in [6.07, 6.45) is 0. The van der Waals surface area contributed by atoms with E-state index in [1.807, 2.05) is 12.1 Å². The van der Waals surface area contributed by atoms with Crippen molar-refractivity contribution in [2.45, 2.75) is 0 Å². The van der Waals surface area contributed by atoms with Gasteiger partial charge in [-0.25, -0.2) is 0 Å². The molecule has 0 saturated carbocycles. The molecule has 3 nitrogen and oxygen atoms in total. The summed E-state index contributed by atoms with van der Waals surface area (Å²) in [6, 6.07) is 78.8. The molecule has 0 saturated heterocycles. The molecule has 0 N–H and O–H groups in total. The van der Waals surface area contributed by atoms with Gasteiger partial charge in [-0.15, -0.1) is 0 Å². The van der Waals surface area contributed by atoms with E-state index in [0.29, 0.717) is 0 Å². The molecule has 12 rings (SSSR count). The number of aromatic nitrogens is 1. The number of furan rings is 1. The molecule has 0 spiro atoms. The third-order valence-corrected chi connectivity index (χ3v) is 12.0. The SMILES string of the molecule is c1cc(-c2cccc3c2oc2ccccc23)cc(N(c2ccc3c(ccc4ccccc43)c2)c2ccccc2-c2ccccc2-n2c3ccccc3c3ccccc32)c1. The fourth-order valence-electron chi connectivity index (χ4n) is 9.33. The third kappa shape index (κ3) is 5.29. The zero-order valence-electron chi connectivity index (χ0n) is 32.1. The van der Waals surface area contributed by atoms with E-state index in [9.17, 15) is 0 Å². The quantitative estimate of drug-likeness (QED) is 0.158. The number of anilines is 3. The normalized spacial score (nSPS) is 11.7. The van der Waals surface area contributed by atoms with E-state index in [-0.39, 0.29) is 0 Å². The summed E-state index contributed by atoms with van der Waals surface area (Å²) in [5.41, 5.74) is 12.9. The van der Waals surface area contributed by atoms with E-state index in [0.717, 1.165) is 66.9 Å². The van der Waals surface area contributed by atoms with Crippen molar-refractivity contribution < 1.29 is 4.42 Å². The lowest BCUT2D eigenvalue weighted by Gasteiger charge is -2.29. The van der Waals surface area contributed by atoms with Gasteiger partial charge in [0, 0.05) is 49.6 Å². The molecule has 0 aliphatic heterocycles. The van der Waals surface area contributed by atoms with Crippen LogP contribution in [-0.2, 0) is 0 Å². The highest BCUT2D eigenvalue weighted by atomic mass is 16.3. The fraction of sp³-hybridized carbons (Fsp3) is 0. The van der Waals surface area contributed by atoms with Crippen LogP contribution in [0.15, 0.2) is 223 Å². The Bertz CT molecular complexity index is 3540. The first-order valence-corrected chi connectivity index (χ1v) is 20.2. The molecule has 0 aliphatic carbocycles. The van der Waals surface area contributed by atoms with Crippen molar-refractivity contribution in [1.82, 2.24) is 4.57 Å². The van der Waals surface area contributed by atoms with Crippen LogP contribution in [0.1, 0.15) is 0 Å². The molecule has 2 heterocycles. The van der Waals surface area contributed by atoms with Crippen molar-refractivity contribution in [2.24, 2.45) is 0 Å². The Hall–Kier alpha value is -7.88. The average molecular weight is 753 g/mol. The zero-order valence-corrected chi connectivity index (χ0v) is 32.1. The Kier molecular flexibility index (Phi) is 7.54. The van der Waals surface area contributed by atoms with Crippen LogP contribution in [0.2, 0.25) is 0 Å². The Morgan fingerprint density at radius 1 is 0.356 bits per heavy atom. The summed E-state index contributed by atoms with van der Waals surface area (Å²) in [5, 5.41) is 9.66. The number of para-hydroxylation sites is 6. The van der Waals surface area contributed by atoms with Crippen LogP contribution < -0.4 is 4.90 Å². The summed E-state index contributed by atoms with van der Waals surface area (Å²) >= 11 is 0. The number of benzene rings is 10. The van der Waals surface area contributed by atoms with Gasteiger partial charge in [-0.05, 0) is 81.7 Å². The minimum absolute atomic E-state index is 0.896. The summed E-state index contributed by atoms with van der Waals surface area (Å²) in [4.78, 5) is 2.43. The van der Waals surface area contributed by atoms with Crippen LogP contribution in [0.25, 0.3) is 93.2 Å². The predicted molar refractivity (Wildman–Crippen MR) is 249 cm³/mol. The Labute approximate surface area is 341 Å². The molecule has 0 aliphatic rings. The van der Waals surface area contributed by atoms with Crippen LogP contribution >= 0.6 is 0 Å². The molecular weight excluding hydrogens is 717 g/mol. The largest absolute Gasteiger partial charge is 0.455 e. The van der Waals surface area contributed by atoms with Gasteiger partial charge in [-0.1, -0.05) is 164 Å². The molecule has 12 aromatic rings. The van der Waals surface area contributed by atoms with Crippen molar-refractivity contribution in [1.29, 1.82) is 0 Å². The monoisotopic (exact) mass is 752 g/mol. The highest BCUT2D eigenvalue weighted by Crippen LogP contribution is 2.46. The number of hydrogen-bond acceptors (Lipinski definition) is 2. The van der Waals surface area contributed by atoms with Gasteiger partial charge in [0.1, 0.15) is 11.2 Å². The second-order valence-electron chi connectivity index (χ2n) is 15.3. The minimum atomic E-state index is 0.896. The highest BCUT2D eigenvalue weighted by Gasteiger charge is 2.22. The lowest BCUT2D eigenvalue weighted by Crippen LogP contribution is -2.12. The second kappa shape index (κ2) is 13.4. The van der Waals surface area contributed by atoms with E-state index >= 15 is 0 Å². The van der Waals surface area contributed by atoms with Gasteiger partial charge >= 0.3 is 0 Å². The fourth-order valence-corrected chi connectivity index (χ4v) is 9.33. The number of rotatable bonds is 6. The van der Waals surface area contributed by atoms with E-state index in [4.69, 9.17) is 4.42 Å². The summed E-state index contributed by atoms with van der Waals surface area (Å²) < 4.78 is 8.99. The second-order valence-corrected chi connectivity index (χ2v) is 15.3. The number of nitrogens with zero attached hydrogens (tertiary/aromatic N) is 2. The first-order valence-electron chi connectivity index (χ1n) is 20.2. The molecule has 10 aromatic carbocycles. The smallest absolute Gasteiger partial charge is 0.143 e. The van der Waals surface area contributed by atoms with Crippen LogP contribution in [0.5, 0.6) is 0 Å². The molecule has 0 amide bonds. The third-order valence-electron chi connectivity index (χ3n) is 12.0. The summed E-state index contributed by atoms with van der Waals surface area (Å²) in [5.74, 6) is 0. The van der Waals surface area contributed by atoms with E-state index in [2.05, 4.69) is 216 Å². The van der Waals surface area contributed by atoms with Gasteiger partial charge < -0.3 is 13.9 Å². The molecule has 2 aromatic heterocycles. The van der Waals surface area contributed by atoms with Crippen LogP contribution in [0.4, 0.5) is 17.1 Å². The lowest BCUT2D eigenvalue weighted by molar-refractivity contribution is 0.670. The Morgan fingerprint density at radius 2 is 0.949 bits per heavy atom. The molecule has 0 unspecified atom stereocenters. The average Bonchev–Trinajstić information content (AvgIpc) is 3.85. The first kappa shape index (κ1) is 33.3. The molecule has 0 radical (unpaired) electrons. The van der Waals surface area contributed by atoms with Crippen LogP contribution in [0, 0.1) is 0 Å². The standard InChI is InChI=1S/C56H36N2O/c1-2-18-42-37(15-1)31-32-39-36-41(33-34-43(39)42)57(40-17-13-16-38(35-40)44-24-14-25-50-49-23-7-12-30-55(49)59-56(44)50)51-26-8-3-19-45(51)46-20-4-9-27-52(46)58-53-28-10-5-21-47(53)48-22-6-11-29-54(48)58/h1-36H. The zero-order chi connectivity index (χ0) is 38.9. The highest BCUT2D eigenvalue weighted by molar-refractivity contribution is 6.12. The van der Waals surface area contributed by atoms with Crippen LogP contribution in [-0.4, -0.2) is 4.57 Å². The number of fused-ring (bicyclic) bond motifs is 9.